The van der Waals surface area contributed by atoms with Crippen LogP contribution in [0.2, 0.25) is 0 Å². The highest BCUT2D eigenvalue weighted by atomic mass is 16.2. The molecule has 0 N–H and O–H groups in total. The molecule has 2 rings (SSSR count). The molecule has 1 amide bonds. The van der Waals surface area contributed by atoms with Gasteiger partial charge in [0.1, 0.15) is 0 Å². The fraction of sp³-hybridized carbons (Fsp3) is 0.900. The first kappa shape index (κ1) is 8.09. The summed E-state index contributed by atoms with van der Waals surface area (Å²) < 4.78 is 0. The smallest absolute Gasteiger partial charge is 0.222 e. The first-order chi connectivity index (χ1) is 5.61. The van der Waals surface area contributed by atoms with E-state index in [4.69, 9.17) is 0 Å². The molecule has 68 valence electrons. The maximum atomic E-state index is 11.4. The maximum absolute atomic E-state index is 11.4. The quantitative estimate of drug-likeness (QED) is 0.579. The van der Waals surface area contributed by atoms with Gasteiger partial charge in [-0.2, -0.15) is 0 Å². The van der Waals surface area contributed by atoms with Crippen molar-refractivity contribution in [1.82, 2.24) is 4.90 Å². The molecule has 1 aliphatic heterocycles. The fourth-order valence-corrected chi connectivity index (χ4v) is 2.49. The van der Waals surface area contributed by atoms with Crippen molar-refractivity contribution in [2.24, 2.45) is 17.8 Å². The van der Waals surface area contributed by atoms with Gasteiger partial charge in [-0.3, -0.25) is 4.79 Å². The van der Waals surface area contributed by atoms with Crippen molar-refractivity contribution in [3.05, 3.63) is 0 Å². The molecule has 2 fully saturated rings. The number of hydrogen-bond acceptors (Lipinski definition) is 1. The molecule has 2 nitrogen and oxygen atoms in total. The lowest BCUT2D eigenvalue weighted by Crippen LogP contribution is -2.29. The van der Waals surface area contributed by atoms with Crippen LogP contribution in [0, 0.1) is 17.8 Å². The lowest BCUT2D eigenvalue weighted by atomic mass is 9.95. The van der Waals surface area contributed by atoms with Crippen LogP contribution in [-0.2, 0) is 4.79 Å². The molecule has 0 aromatic heterocycles. The Kier molecular flexibility index (Phi) is 1.67. The highest BCUT2D eigenvalue weighted by Crippen LogP contribution is 2.49. The highest BCUT2D eigenvalue weighted by Gasteiger charge is 2.47. The third-order valence-electron chi connectivity index (χ3n) is 3.76. The fourth-order valence-electron chi connectivity index (χ4n) is 2.49. The zero-order valence-corrected chi connectivity index (χ0v) is 8.08. The average molecular weight is 167 g/mol. The maximum Gasteiger partial charge on any atom is 0.222 e. The summed E-state index contributed by atoms with van der Waals surface area (Å²) in [6, 6.07) is 0.479. The first-order valence-electron chi connectivity index (χ1n) is 4.87. The van der Waals surface area contributed by atoms with Crippen molar-refractivity contribution in [3.8, 4) is 0 Å². The number of likely N-dealkylation sites (tertiary alicyclic amines) is 1. The average Bonchev–Trinajstić information content (AvgIpc) is 2.69. The van der Waals surface area contributed by atoms with E-state index in [1.807, 2.05) is 11.9 Å². The molecule has 2 heteroatoms. The van der Waals surface area contributed by atoms with Crippen LogP contribution in [0.1, 0.15) is 26.7 Å². The van der Waals surface area contributed by atoms with Crippen molar-refractivity contribution in [1.29, 1.82) is 0 Å². The number of nitrogens with zero attached hydrogens (tertiary/aromatic N) is 1. The molecular weight excluding hydrogens is 150 g/mol. The summed E-state index contributed by atoms with van der Waals surface area (Å²) in [5.41, 5.74) is 0. The zero-order chi connectivity index (χ0) is 8.88. The van der Waals surface area contributed by atoms with E-state index in [-0.39, 0.29) is 0 Å². The number of carbonyl (C=O) groups is 1. The van der Waals surface area contributed by atoms with E-state index in [0.29, 0.717) is 17.9 Å². The van der Waals surface area contributed by atoms with Crippen LogP contribution in [0.15, 0.2) is 0 Å². The number of rotatable bonds is 1. The van der Waals surface area contributed by atoms with Crippen LogP contribution in [0.5, 0.6) is 0 Å². The molecule has 0 aromatic carbocycles. The summed E-state index contributed by atoms with van der Waals surface area (Å²) in [6.45, 7) is 4.47. The monoisotopic (exact) mass is 167 g/mol. The van der Waals surface area contributed by atoms with Crippen molar-refractivity contribution in [2.45, 2.75) is 32.7 Å². The molecule has 0 spiro atoms. The van der Waals surface area contributed by atoms with E-state index in [2.05, 4.69) is 13.8 Å². The van der Waals surface area contributed by atoms with Crippen LogP contribution in [0.25, 0.3) is 0 Å². The van der Waals surface area contributed by atoms with E-state index in [1.54, 1.807) is 0 Å². The Bertz CT molecular complexity index is 214. The summed E-state index contributed by atoms with van der Waals surface area (Å²) in [6.07, 6.45) is 2.14. The molecular formula is C10H17NO. The Morgan fingerprint density at radius 1 is 1.33 bits per heavy atom. The van der Waals surface area contributed by atoms with Gasteiger partial charge in [0, 0.05) is 19.5 Å². The Morgan fingerprint density at radius 2 is 1.92 bits per heavy atom. The van der Waals surface area contributed by atoms with E-state index in [1.165, 1.54) is 6.42 Å². The van der Waals surface area contributed by atoms with Crippen LogP contribution in [-0.4, -0.2) is 23.9 Å². The molecule has 4 atom stereocenters. The van der Waals surface area contributed by atoms with Gasteiger partial charge < -0.3 is 4.90 Å². The lowest BCUT2D eigenvalue weighted by molar-refractivity contribution is -0.127. The molecule has 0 bridgehead atoms. The van der Waals surface area contributed by atoms with Gasteiger partial charge in [0.25, 0.3) is 0 Å². The van der Waals surface area contributed by atoms with Gasteiger partial charge in [-0.15, -0.1) is 0 Å². The van der Waals surface area contributed by atoms with E-state index >= 15 is 0 Å². The summed E-state index contributed by atoms with van der Waals surface area (Å²) in [5, 5.41) is 0. The van der Waals surface area contributed by atoms with Crippen LogP contribution in [0.4, 0.5) is 0 Å². The molecule has 1 aliphatic carbocycles. The van der Waals surface area contributed by atoms with Crippen molar-refractivity contribution in [2.75, 3.05) is 7.05 Å². The van der Waals surface area contributed by atoms with Gasteiger partial charge >= 0.3 is 0 Å². The second kappa shape index (κ2) is 2.48. The molecule has 1 heterocycles. The zero-order valence-electron chi connectivity index (χ0n) is 8.08. The molecule has 1 saturated carbocycles. The van der Waals surface area contributed by atoms with Crippen LogP contribution in [0.3, 0.4) is 0 Å². The Balaban J connectivity index is 2.05. The number of carbonyl (C=O) groups excluding carboxylic acids is 1. The molecule has 12 heavy (non-hydrogen) atoms. The minimum Gasteiger partial charge on any atom is -0.343 e. The number of amides is 1. The van der Waals surface area contributed by atoms with E-state index in [9.17, 15) is 4.79 Å². The summed E-state index contributed by atoms with van der Waals surface area (Å²) in [5.74, 6) is 2.70. The molecule has 0 radical (unpaired) electrons. The summed E-state index contributed by atoms with van der Waals surface area (Å²) in [4.78, 5) is 13.3. The number of hydrogen-bond donors (Lipinski definition) is 0. The Morgan fingerprint density at radius 3 is 2.25 bits per heavy atom. The molecule has 2 aliphatic rings. The first-order valence-corrected chi connectivity index (χ1v) is 4.87. The van der Waals surface area contributed by atoms with E-state index < -0.39 is 0 Å². The predicted molar refractivity (Wildman–Crippen MR) is 47.6 cm³/mol. The van der Waals surface area contributed by atoms with Gasteiger partial charge in [-0.05, 0) is 31.1 Å². The van der Waals surface area contributed by atoms with Crippen molar-refractivity contribution < 1.29 is 4.79 Å². The molecule has 4 unspecified atom stereocenters. The summed E-state index contributed by atoms with van der Waals surface area (Å²) >= 11 is 0. The minimum absolute atomic E-state index is 0.339. The predicted octanol–water partition coefficient (Wildman–Crippen LogP) is 1.51. The normalized spacial score (nSPS) is 46.9. The topological polar surface area (TPSA) is 20.3 Å². The Hall–Kier alpha value is -0.530. The largest absolute Gasteiger partial charge is 0.343 e. The second-order valence-corrected chi connectivity index (χ2v) is 4.49. The van der Waals surface area contributed by atoms with Gasteiger partial charge in [0.2, 0.25) is 5.91 Å². The third kappa shape index (κ3) is 1.05. The van der Waals surface area contributed by atoms with Crippen molar-refractivity contribution in [3.63, 3.8) is 0 Å². The van der Waals surface area contributed by atoms with Gasteiger partial charge in [0.15, 0.2) is 0 Å². The lowest BCUT2D eigenvalue weighted by Gasteiger charge is -2.20. The Labute approximate surface area is 73.9 Å². The van der Waals surface area contributed by atoms with Gasteiger partial charge in [-0.25, -0.2) is 0 Å². The van der Waals surface area contributed by atoms with Crippen molar-refractivity contribution >= 4 is 5.91 Å². The van der Waals surface area contributed by atoms with E-state index in [0.717, 1.165) is 18.3 Å². The SMILES string of the molecule is CC1CC1C1CC(=O)N(C)C1C. The van der Waals surface area contributed by atoms with Crippen LogP contribution >= 0.6 is 0 Å². The third-order valence-corrected chi connectivity index (χ3v) is 3.76. The standard InChI is InChI=1S/C10H17NO/c1-6-4-8(6)9-5-10(12)11(3)7(9)2/h6-9H,4-5H2,1-3H3. The summed E-state index contributed by atoms with van der Waals surface area (Å²) in [7, 11) is 1.93. The van der Waals surface area contributed by atoms with Gasteiger partial charge in [-0.1, -0.05) is 6.92 Å². The van der Waals surface area contributed by atoms with Gasteiger partial charge in [0.05, 0.1) is 0 Å². The minimum atomic E-state index is 0.339. The van der Waals surface area contributed by atoms with Crippen LogP contribution < -0.4 is 0 Å². The second-order valence-electron chi connectivity index (χ2n) is 4.49. The molecule has 0 aromatic rings. The highest BCUT2D eigenvalue weighted by molar-refractivity contribution is 5.79. The molecule has 1 saturated heterocycles.